The fourth-order valence-electron chi connectivity index (χ4n) is 5.36. The van der Waals surface area contributed by atoms with Gasteiger partial charge in [-0.25, -0.2) is 9.97 Å². The molecule has 0 bridgehead atoms. The summed E-state index contributed by atoms with van der Waals surface area (Å²) in [6, 6.07) is 9.79. The first kappa shape index (κ1) is 25.7. The molecule has 2 aromatic heterocycles. The third-order valence-electron chi connectivity index (χ3n) is 7.61. The van der Waals surface area contributed by atoms with Crippen molar-refractivity contribution in [2.45, 2.75) is 38.1 Å². The summed E-state index contributed by atoms with van der Waals surface area (Å²) < 4.78 is 7.46. The number of methoxy groups -OCH3 is 1. The normalized spacial score (nSPS) is 17.2. The maximum absolute atomic E-state index is 12.8. The molecule has 1 N–H and O–H groups in total. The Morgan fingerprint density at radius 1 is 1.16 bits per heavy atom. The summed E-state index contributed by atoms with van der Waals surface area (Å²) in [6.07, 6.45) is 10.5. The van der Waals surface area contributed by atoms with E-state index < -0.39 is 0 Å². The van der Waals surface area contributed by atoms with E-state index in [1.807, 2.05) is 40.0 Å². The largest absolute Gasteiger partial charge is 0.493 e. The van der Waals surface area contributed by atoms with E-state index in [-0.39, 0.29) is 11.9 Å². The first-order chi connectivity index (χ1) is 18.6. The van der Waals surface area contributed by atoms with Crippen LogP contribution in [0.15, 0.2) is 42.9 Å². The van der Waals surface area contributed by atoms with Crippen LogP contribution >= 0.6 is 0 Å². The van der Waals surface area contributed by atoms with Gasteiger partial charge in [-0.15, -0.1) is 0 Å². The van der Waals surface area contributed by atoms with E-state index in [0.29, 0.717) is 35.3 Å². The Balaban J connectivity index is 1.32. The number of hydrogen-bond acceptors (Lipinski definition) is 8. The van der Waals surface area contributed by atoms with E-state index in [1.165, 1.54) is 12.8 Å². The van der Waals surface area contributed by atoms with Gasteiger partial charge in [0.1, 0.15) is 5.69 Å². The number of nitriles is 1. The van der Waals surface area contributed by atoms with E-state index in [4.69, 9.17) is 9.72 Å². The van der Waals surface area contributed by atoms with Gasteiger partial charge in [0.15, 0.2) is 5.75 Å². The molecule has 1 saturated heterocycles. The predicted octanol–water partition coefficient (Wildman–Crippen LogP) is 4.12. The van der Waals surface area contributed by atoms with Crippen LogP contribution in [0.2, 0.25) is 0 Å². The summed E-state index contributed by atoms with van der Waals surface area (Å²) in [7, 11) is 3.66. The van der Waals surface area contributed by atoms with Crippen LogP contribution < -0.4 is 10.1 Å². The molecule has 1 unspecified atom stereocenters. The second kappa shape index (κ2) is 11.6. The van der Waals surface area contributed by atoms with Crippen LogP contribution in [0.5, 0.6) is 5.75 Å². The highest BCUT2D eigenvalue weighted by molar-refractivity contribution is 5.94. The number of ether oxygens (including phenoxy) is 1. The topological polar surface area (TPSA) is 112 Å². The average molecular weight is 515 g/mol. The molecule has 1 aliphatic heterocycles. The van der Waals surface area contributed by atoms with E-state index in [0.717, 1.165) is 50.3 Å². The number of carbonyl (C=O) groups excluding carboxylic acids is 1. The highest BCUT2D eigenvalue weighted by Gasteiger charge is 2.27. The number of carbonyl (C=O) groups is 1. The molecule has 1 aliphatic carbocycles. The molecule has 10 heteroatoms. The summed E-state index contributed by atoms with van der Waals surface area (Å²) in [5, 5.41) is 17.2. The molecule has 198 valence electrons. The highest BCUT2D eigenvalue weighted by atomic mass is 16.5. The minimum Gasteiger partial charge on any atom is -0.493 e. The van der Waals surface area contributed by atoms with Crippen molar-refractivity contribution in [1.29, 1.82) is 5.26 Å². The number of piperazine rings is 1. The van der Waals surface area contributed by atoms with Crippen molar-refractivity contribution in [2.24, 2.45) is 5.92 Å². The smallest absolute Gasteiger partial charge is 0.253 e. The lowest BCUT2D eigenvalue weighted by molar-refractivity contribution is 0.0664. The zero-order valence-electron chi connectivity index (χ0n) is 22.0. The molecular formula is C28H34N8O2. The van der Waals surface area contributed by atoms with Crippen LogP contribution in [0, 0.1) is 17.2 Å². The lowest BCUT2D eigenvalue weighted by Crippen LogP contribution is -2.47. The third kappa shape index (κ3) is 5.63. The van der Waals surface area contributed by atoms with Gasteiger partial charge in [0.25, 0.3) is 5.91 Å². The van der Waals surface area contributed by atoms with Crippen molar-refractivity contribution >= 4 is 17.5 Å². The molecule has 1 saturated carbocycles. The quantitative estimate of drug-likeness (QED) is 0.478. The van der Waals surface area contributed by atoms with Gasteiger partial charge in [-0.1, -0.05) is 12.8 Å². The first-order valence-electron chi connectivity index (χ1n) is 13.2. The summed E-state index contributed by atoms with van der Waals surface area (Å²) in [6.45, 7) is 3.26. The Hall–Kier alpha value is -3.97. The fourth-order valence-corrected chi connectivity index (χ4v) is 5.36. The molecule has 1 aromatic carbocycles. The Labute approximate surface area is 223 Å². The van der Waals surface area contributed by atoms with Crippen molar-refractivity contribution in [3.8, 4) is 23.1 Å². The zero-order chi connectivity index (χ0) is 26.5. The third-order valence-corrected chi connectivity index (χ3v) is 7.61. The minimum absolute atomic E-state index is 0.0527. The molecule has 38 heavy (non-hydrogen) atoms. The average Bonchev–Trinajstić information content (AvgIpc) is 3.65. The molecule has 10 nitrogen and oxygen atoms in total. The predicted molar refractivity (Wildman–Crippen MR) is 144 cm³/mol. The molecule has 3 heterocycles. The number of hydrogen-bond donors (Lipinski definition) is 1. The molecule has 5 rings (SSSR count). The van der Waals surface area contributed by atoms with Gasteiger partial charge in [-0.2, -0.15) is 10.4 Å². The van der Waals surface area contributed by atoms with E-state index in [1.54, 1.807) is 19.5 Å². The van der Waals surface area contributed by atoms with Crippen molar-refractivity contribution < 1.29 is 9.53 Å². The summed E-state index contributed by atoms with van der Waals surface area (Å²) in [5.74, 6) is 1.48. The zero-order valence-corrected chi connectivity index (χ0v) is 22.0. The Morgan fingerprint density at radius 2 is 1.89 bits per heavy atom. The number of nitrogens with one attached hydrogen (secondary N) is 1. The van der Waals surface area contributed by atoms with Crippen LogP contribution in [0.3, 0.4) is 0 Å². The molecule has 3 aromatic rings. The molecular weight excluding hydrogens is 480 g/mol. The maximum Gasteiger partial charge on any atom is 0.253 e. The van der Waals surface area contributed by atoms with E-state index in [9.17, 15) is 10.1 Å². The SMILES string of the molecule is COc1cnc(Nc2ccc(C(=O)N3CCN(C)CC3)cc2)nc1-c1cnn(C(CC#N)C2CCCC2)c1. The molecule has 0 spiro atoms. The lowest BCUT2D eigenvalue weighted by atomic mass is 9.96. The molecule has 2 fully saturated rings. The number of likely N-dealkylation sites (N-methyl/N-ethyl adjacent to an activating group) is 1. The van der Waals surface area contributed by atoms with Crippen molar-refractivity contribution in [2.75, 3.05) is 45.7 Å². The van der Waals surface area contributed by atoms with Gasteiger partial charge in [0.05, 0.1) is 38.0 Å². The van der Waals surface area contributed by atoms with Crippen LogP contribution in [-0.4, -0.2) is 75.8 Å². The second-order valence-electron chi connectivity index (χ2n) is 10.1. The summed E-state index contributed by atoms with van der Waals surface area (Å²) in [5.41, 5.74) is 2.88. The van der Waals surface area contributed by atoms with Crippen molar-refractivity contribution in [1.82, 2.24) is 29.5 Å². The number of benzene rings is 1. The Kier molecular flexibility index (Phi) is 7.84. The monoisotopic (exact) mass is 514 g/mol. The first-order valence-corrected chi connectivity index (χ1v) is 13.2. The number of anilines is 2. The van der Waals surface area contributed by atoms with Gasteiger partial charge in [-0.3, -0.25) is 9.48 Å². The minimum atomic E-state index is 0.0527. The van der Waals surface area contributed by atoms with Crippen LogP contribution in [0.4, 0.5) is 11.6 Å². The van der Waals surface area contributed by atoms with Crippen LogP contribution in [0.25, 0.3) is 11.3 Å². The summed E-state index contributed by atoms with van der Waals surface area (Å²) in [4.78, 5) is 26.1. The number of amides is 1. The van der Waals surface area contributed by atoms with E-state index >= 15 is 0 Å². The fraction of sp³-hybridized carbons (Fsp3) is 0.464. The lowest BCUT2D eigenvalue weighted by Gasteiger charge is -2.32. The Bertz CT molecular complexity index is 1280. The van der Waals surface area contributed by atoms with Crippen LogP contribution in [0.1, 0.15) is 48.5 Å². The van der Waals surface area contributed by atoms with Gasteiger partial charge < -0.3 is 19.9 Å². The Morgan fingerprint density at radius 3 is 2.58 bits per heavy atom. The standard InChI is InChI=1S/C28H34N8O2/c1-34-13-15-35(16-14-34)27(37)21-7-9-23(10-8-21)32-28-30-18-25(38-2)26(33-28)22-17-31-36(19-22)24(11-12-29)20-5-3-4-6-20/h7-10,17-20,24H,3-6,11,13-16H2,1-2H3,(H,30,32,33). The number of aromatic nitrogens is 4. The van der Waals surface area contributed by atoms with Crippen molar-refractivity contribution in [3.63, 3.8) is 0 Å². The van der Waals surface area contributed by atoms with Gasteiger partial charge in [0, 0.05) is 49.2 Å². The van der Waals surface area contributed by atoms with Gasteiger partial charge in [-0.05, 0) is 50.1 Å². The van der Waals surface area contributed by atoms with Crippen molar-refractivity contribution in [3.05, 3.63) is 48.4 Å². The van der Waals surface area contributed by atoms with Gasteiger partial charge >= 0.3 is 0 Å². The number of nitrogens with zero attached hydrogens (tertiary/aromatic N) is 7. The maximum atomic E-state index is 12.8. The highest BCUT2D eigenvalue weighted by Crippen LogP contribution is 2.37. The molecule has 0 radical (unpaired) electrons. The molecule has 1 amide bonds. The van der Waals surface area contributed by atoms with E-state index in [2.05, 4.69) is 33.4 Å². The van der Waals surface area contributed by atoms with Gasteiger partial charge in [0.2, 0.25) is 5.95 Å². The second-order valence-corrected chi connectivity index (χ2v) is 10.1. The molecule has 1 atom stereocenters. The van der Waals surface area contributed by atoms with Crippen LogP contribution in [-0.2, 0) is 0 Å². The molecule has 2 aliphatic rings. The summed E-state index contributed by atoms with van der Waals surface area (Å²) >= 11 is 0. The number of rotatable bonds is 8.